The third-order valence-electron chi connectivity index (χ3n) is 2.47. The Bertz CT molecular complexity index is 640. The van der Waals surface area contributed by atoms with E-state index in [1.54, 1.807) is 0 Å². The number of rotatable bonds is 3. The van der Waals surface area contributed by atoms with Crippen LogP contribution in [-0.2, 0) is 0 Å². The molecule has 0 saturated heterocycles. The Morgan fingerprint density at radius 2 is 1.85 bits per heavy atom. The Balaban J connectivity index is 2.33. The fourth-order valence-corrected chi connectivity index (χ4v) is 1.54. The highest BCUT2D eigenvalue weighted by Crippen LogP contribution is 2.22. The van der Waals surface area contributed by atoms with Crippen LogP contribution in [0.3, 0.4) is 0 Å². The predicted octanol–water partition coefficient (Wildman–Crippen LogP) is 2.04. The van der Waals surface area contributed by atoms with Gasteiger partial charge >= 0.3 is 0 Å². The second-order valence-corrected chi connectivity index (χ2v) is 3.76. The molecule has 1 amide bonds. The standard InChI is InChI=1S/C12H9F3N4O/c13-6-3-8(14)11(9(15)4-6)18-12(20)7-5-17-2-1-10(7)19-16/h1-5H,16H2,(H,17,19)(H,18,20). The van der Waals surface area contributed by atoms with E-state index in [4.69, 9.17) is 5.84 Å². The molecular formula is C12H9F3N4O. The van der Waals surface area contributed by atoms with E-state index in [0.717, 1.165) is 0 Å². The average Bonchev–Trinajstić information content (AvgIpc) is 2.42. The van der Waals surface area contributed by atoms with Crippen molar-refractivity contribution in [1.29, 1.82) is 0 Å². The molecule has 0 radical (unpaired) electrons. The molecule has 4 N–H and O–H groups in total. The monoisotopic (exact) mass is 282 g/mol. The van der Waals surface area contributed by atoms with Gasteiger partial charge in [0.2, 0.25) is 0 Å². The summed E-state index contributed by atoms with van der Waals surface area (Å²) in [7, 11) is 0. The number of nitrogens with two attached hydrogens (primary N) is 1. The Hall–Kier alpha value is -2.61. The molecule has 0 spiro atoms. The normalized spacial score (nSPS) is 10.2. The van der Waals surface area contributed by atoms with E-state index in [1.165, 1.54) is 18.5 Å². The summed E-state index contributed by atoms with van der Waals surface area (Å²) in [4.78, 5) is 15.6. The number of nitrogen functional groups attached to an aromatic ring is 1. The minimum Gasteiger partial charge on any atom is -0.323 e. The Kier molecular flexibility index (Phi) is 3.85. The molecule has 0 fully saturated rings. The zero-order valence-corrected chi connectivity index (χ0v) is 9.95. The van der Waals surface area contributed by atoms with Crippen molar-refractivity contribution in [1.82, 2.24) is 4.98 Å². The second kappa shape index (κ2) is 5.57. The van der Waals surface area contributed by atoms with Crippen molar-refractivity contribution in [3.05, 3.63) is 53.6 Å². The molecule has 20 heavy (non-hydrogen) atoms. The van der Waals surface area contributed by atoms with E-state index >= 15 is 0 Å². The lowest BCUT2D eigenvalue weighted by atomic mass is 10.2. The van der Waals surface area contributed by atoms with Crippen molar-refractivity contribution in [3.63, 3.8) is 0 Å². The lowest BCUT2D eigenvalue weighted by Crippen LogP contribution is -2.18. The maximum Gasteiger partial charge on any atom is 0.259 e. The quantitative estimate of drug-likeness (QED) is 0.594. The molecule has 2 aromatic rings. The van der Waals surface area contributed by atoms with Crippen molar-refractivity contribution in [2.75, 3.05) is 10.7 Å². The summed E-state index contributed by atoms with van der Waals surface area (Å²) >= 11 is 0. The van der Waals surface area contributed by atoms with E-state index < -0.39 is 29.0 Å². The van der Waals surface area contributed by atoms with Gasteiger partial charge in [-0.25, -0.2) is 13.2 Å². The van der Waals surface area contributed by atoms with E-state index in [1.807, 2.05) is 5.32 Å². The number of benzene rings is 1. The summed E-state index contributed by atoms with van der Waals surface area (Å²) in [5.41, 5.74) is 1.71. The van der Waals surface area contributed by atoms with Gasteiger partial charge in [0.25, 0.3) is 5.91 Å². The van der Waals surface area contributed by atoms with Crippen LogP contribution in [0.2, 0.25) is 0 Å². The number of amides is 1. The first-order chi connectivity index (χ1) is 9.52. The molecule has 0 bridgehead atoms. The molecule has 0 saturated carbocycles. The Morgan fingerprint density at radius 1 is 1.20 bits per heavy atom. The summed E-state index contributed by atoms with van der Waals surface area (Å²) in [5.74, 6) is 0.848. The molecule has 0 unspecified atom stereocenters. The number of hydrogen-bond acceptors (Lipinski definition) is 4. The fraction of sp³-hybridized carbons (Fsp3) is 0. The fourth-order valence-electron chi connectivity index (χ4n) is 1.54. The minimum absolute atomic E-state index is 0.0156. The molecular weight excluding hydrogens is 273 g/mol. The van der Waals surface area contributed by atoms with E-state index in [9.17, 15) is 18.0 Å². The number of hydrogen-bond donors (Lipinski definition) is 3. The van der Waals surface area contributed by atoms with Crippen LogP contribution in [0, 0.1) is 17.5 Å². The maximum absolute atomic E-state index is 13.4. The summed E-state index contributed by atoms with van der Waals surface area (Å²) in [6.07, 6.45) is 2.55. The minimum atomic E-state index is -1.22. The van der Waals surface area contributed by atoms with Gasteiger partial charge in [-0.3, -0.25) is 15.6 Å². The van der Waals surface area contributed by atoms with Gasteiger partial charge in [-0.05, 0) is 6.07 Å². The zero-order valence-electron chi connectivity index (χ0n) is 9.95. The molecule has 0 atom stereocenters. The summed E-state index contributed by atoms with van der Waals surface area (Å²) < 4.78 is 39.6. The van der Waals surface area contributed by atoms with Gasteiger partial charge in [-0.1, -0.05) is 0 Å². The van der Waals surface area contributed by atoms with Gasteiger partial charge in [-0.2, -0.15) is 0 Å². The molecule has 1 aromatic carbocycles. The first-order valence-corrected chi connectivity index (χ1v) is 5.39. The number of carbonyl (C=O) groups is 1. The lowest BCUT2D eigenvalue weighted by molar-refractivity contribution is 0.102. The number of hydrazine groups is 1. The van der Waals surface area contributed by atoms with Gasteiger partial charge in [0.15, 0.2) is 11.6 Å². The smallest absolute Gasteiger partial charge is 0.259 e. The van der Waals surface area contributed by atoms with E-state index in [0.29, 0.717) is 12.1 Å². The van der Waals surface area contributed by atoms with Gasteiger partial charge in [0, 0.05) is 24.5 Å². The van der Waals surface area contributed by atoms with Crippen molar-refractivity contribution in [3.8, 4) is 0 Å². The molecule has 1 aromatic heterocycles. The predicted molar refractivity (Wildman–Crippen MR) is 66.3 cm³/mol. The van der Waals surface area contributed by atoms with Crippen LogP contribution in [0.1, 0.15) is 10.4 Å². The van der Waals surface area contributed by atoms with Crippen LogP contribution in [0.5, 0.6) is 0 Å². The van der Waals surface area contributed by atoms with E-state index in [-0.39, 0.29) is 11.3 Å². The lowest BCUT2D eigenvalue weighted by Gasteiger charge is -2.10. The molecule has 0 aliphatic rings. The highest BCUT2D eigenvalue weighted by Gasteiger charge is 2.17. The van der Waals surface area contributed by atoms with Crippen LogP contribution in [0.15, 0.2) is 30.6 Å². The van der Waals surface area contributed by atoms with Crippen molar-refractivity contribution in [2.45, 2.75) is 0 Å². The number of nitrogens with zero attached hydrogens (tertiary/aromatic N) is 1. The molecule has 0 aliphatic carbocycles. The maximum atomic E-state index is 13.4. The van der Waals surface area contributed by atoms with Crippen LogP contribution in [0.25, 0.3) is 0 Å². The Labute approximate surface area is 111 Å². The van der Waals surface area contributed by atoms with Crippen LogP contribution >= 0.6 is 0 Å². The number of nitrogens with one attached hydrogen (secondary N) is 2. The Morgan fingerprint density at radius 3 is 2.45 bits per heavy atom. The first kappa shape index (κ1) is 13.8. The van der Waals surface area contributed by atoms with Gasteiger partial charge in [0.05, 0.1) is 11.3 Å². The number of anilines is 2. The van der Waals surface area contributed by atoms with Crippen LogP contribution in [-0.4, -0.2) is 10.9 Å². The molecule has 0 aliphatic heterocycles. The summed E-state index contributed by atoms with van der Waals surface area (Å²) in [6.45, 7) is 0. The number of aromatic nitrogens is 1. The third-order valence-corrected chi connectivity index (χ3v) is 2.47. The third kappa shape index (κ3) is 2.69. The van der Waals surface area contributed by atoms with Crippen molar-refractivity contribution in [2.24, 2.45) is 5.84 Å². The van der Waals surface area contributed by atoms with Crippen LogP contribution < -0.4 is 16.6 Å². The molecule has 104 valence electrons. The molecule has 1 heterocycles. The van der Waals surface area contributed by atoms with Gasteiger partial charge in [0.1, 0.15) is 11.5 Å². The highest BCUT2D eigenvalue weighted by atomic mass is 19.1. The zero-order chi connectivity index (χ0) is 14.7. The van der Waals surface area contributed by atoms with Crippen molar-refractivity contribution < 1.29 is 18.0 Å². The number of pyridine rings is 1. The number of carbonyl (C=O) groups excluding carboxylic acids is 1. The van der Waals surface area contributed by atoms with Crippen molar-refractivity contribution >= 4 is 17.3 Å². The van der Waals surface area contributed by atoms with Crippen LogP contribution in [0.4, 0.5) is 24.5 Å². The SMILES string of the molecule is NNc1ccncc1C(=O)Nc1c(F)cc(F)cc1F. The van der Waals surface area contributed by atoms with Gasteiger partial charge in [-0.15, -0.1) is 0 Å². The highest BCUT2D eigenvalue weighted by molar-refractivity contribution is 6.07. The van der Waals surface area contributed by atoms with Gasteiger partial charge < -0.3 is 10.7 Å². The second-order valence-electron chi connectivity index (χ2n) is 3.76. The molecule has 5 nitrogen and oxygen atoms in total. The molecule has 2 rings (SSSR count). The number of halogens is 3. The average molecular weight is 282 g/mol. The topological polar surface area (TPSA) is 80.0 Å². The largest absolute Gasteiger partial charge is 0.323 e. The molecule has 8 heteroatoms. The van der Waals surface area contributed by atoms with E-state index in [2.05, 4.69) is 10.4 Å². The first-order valence-electron chi connectivity index (χ1n) is 5.39. The summed E-state index contributed by atoms with van der Waals surface area (Å²) in [5, 5.41) is 2.01. The summed E-state index contributed by atoms with van der Waals surface area (Å²) in [6, 6.07) is 2.33.